The molecule has 6 heteroatoms. The first-order chi connectivity index (χ1) is 35.0. The Balaban J connectivity index is 4.35. The van der Waals surface area contributed by atoms with Crippen molar-refractivity contribution in [3.05, 3.63) is 109 Å². The number of hydrogen-bond donors (Lipinski definition) is 0. The normalized spacial score (nSPS) is 12.9. The topological polar surface area (TPSA) is 78.9 Å². The second kappa shape index (κ2) is 58.6. The summed E-state index contributed by atoms with van der Waals surface area (Å²) >= 11 is 0. The molecule has 404 valence electrons. The quantitative estimate of drug-likeness (QED) is 0.0261. The van der Waals surface area contributed by atoms with Gasteiger partial charge in [0.1, 0.15) is 13.2 Å². The SMILES string of the molecule is CC/C=C\C/C=C\C/C=C\C/C=C\C/C=C\C/C=C\C/C=C\CCCCCCCC(=O)OCC(COC(=O)CCCCCCCCCCCCC)OC(=O)CCCCCCC/C=C\C/C=C\CCCCC. The zero-order valence-electron chi connectivity index (χ0n) is 46.2. The van der Waals surface area contributed by atoms with Crippen molar-refractivity contribution in [2.24, 2.45) is 0 Å². The van der Waals surface area contributed by atoms with E-state index in [2.05, 4.69) is 130 Å². The Bertz CT molecular complexity index is 1460. The summed E-state index contributed by atoms with van der Waals surface area (Å²) in [5.41, 5.74) is 0. The molecule has 0 aliphatic carbocycles. The number of unbranched alkanes of at least 4 members (excludes halogenated alkanes) is 23. The fraction of sp³-hybridized carbons (Fsp3) is 0.677. The van der Waals surface area contributed by atoms with Crippen molar-refractivity contribution < 1.29 is 28.6 Å². The highest BCUT2D eigenvalue weighted by molar-refractivity contribution is 5.71. The van der Waals surface area contributed by atoms with Gasteiger partial charge in [0.2, 0.25) is 0 Å². The molecule has 0 saturated heterocycles. The smallest absolute Gasteiger partial charge is 0.306 e. The van der Waals surface area contributed by atoms with Crippen LogP contribution in [-0.2, 0) is 28.6 Å². The number of rotatable bonds is 52. The molecule has 0 aliphatic rings. The second-order valence-corrected chi connectivity index (χ2v) is 19.2. The van der Waals surface area contributed by atoms with E-state index in [9.17, 15) is 14.4 Å². The van der Waals surface area contributed by atoms with Crippen LogP contribution >= 0.6 is 0 Å². The van der Waals surface area contributed by atoms with Crippen LogP contribution in [0.4, 0.5) is 0 Å². The van der Waals surface area contributed by atoms with E-state index in [0.29, 0.717) is 19.3 Å². The summed E-state index contributed by atoms with van der Waals surface area (Å²) in [5, 5.41) is 0. The molecule has 0 spiro atoms. The predicted octanol–water partition coefficient (Wildman–Crippen LogP) is 19.9. The molecular formula is C65H108O6. The van der Waals surface area contributed by atoms with Crippen molar-refractivity contribution in [1.29, 1.82) is 0 Å². The molecule has 0 heterocycles. The van der Waals surface area contributed by atoms with Crippen LogP contribution in [0.3, 0.4) is 0 Å². The van der Waals surface area contributed by atoms with Gasteiger partial charge in [-0.25, -0.2) is 0 Å². The number of esters is 3. The van der Waals surface area contributed by atoms with E-state index in [1.54, 1.807) is 0 Å². The molecule has 0 bridgehead atoms. The molecule has 0 rings (SSSR count). The maximum atomic E-state index is 12.8. The maximum Gasteiger partial charge on any atom is 0.306 e. The average molecular weight is 986 g/mol. The van der Waals surface area contributed by atoms with E-state index in [1.807, 2.05) is 0 Å². The van der Waals surface area contributed by atoms with Gasteiger partial charge in [-0.1, -0.05) is 246 Å². The van der Waals surface area contributed by atoms with E-state index in [0.717, 1.165) is 148 Å². The molecule has 0 amide bonds. The molecule has 0 aromatic carbocycles. The summed E-state index contributed by atoms with van der Waals surface area (Å²) in [6.07, 6.45) is 79.4. The molecule has 0 aromatic heterocycles. The molecule has 0 radical (unpaired) electrons. The van der Waals surface area contributed by atoms with Crippen LogP contribution in [0.1, 0.15) is 265 Å². The fourth-order valence-corrected chi connectivity index (χ4v) is 7.86. The Morgan fingerprint density at radius 3 is 0.887 bits per heavy atom. The van der Waals surface area contributed by atoms with Gasteiger partial charge in [-0.3, -0.25) is 14.4 Å². The zero-order chi connectivity index (χ0) is 51.4. The van der Waals surface area contributed by atoms with Crippen molar-refractivity contribution in [2.75, 3.05) is 13.2 Å². The first kappa shape index (κ1) is 67.1. The highest BCUT2D eigenvalue weighted by Crippen LogP contribution is 2.14. The van der Waals surface area contributed by atoms with Crippen molar-refractivity contribution in [3.63, 3.8) is 0 Å². The van der Waals surface area contributed by atoms with Crippen LogP contribution in [0, 0.1) is 0 Å². The minimum absolute atomic E-state index is 0.0894. The van der Waals surface area contributed by atoms with Gasteiger partial charge in [0.25, 0.3) is 0 Å². The lowest BCUT2D eigenvalue weighted by molar-refractivity contribution is -0.167. The van der Waals surface area contributed by atoms with Gasteiger partial charge in [0.15, 0.2) is 6.10 Å². The first-order valence-electron chi connectivity index (χ1n) is 29.4. The van der Waals surface area contributed by atoms with Gasteiger partial charge in [0, 0.05) is 19.3 Å². The molecule has 0 fully saturated rings. The lowest BCUT2D eigenvalue weighted by Gasteiger charge is -2.18. The molecule has 0 aliphatic heterocycles. The van der Waals surface area contributed by atoms with E-state index in [-0.39, 0.29) is 31.1 Å². The number of carbonyl (C=O) groups excluding carboxylic acids is 3. The first-order valence-corrected chi connectivity index (χ1v) is 29.4. The highest BCUT2D eigenvalue weighted by Gasteiger charge is 2.19. The fourth-order valence-electron chi connectivity index (χ4n) is 7.86. The largest absolute Gasteiger partial charge is 0.462 e. The van der Waals surface area contributed by atoms with Crippen molar-refractivity contribution in [2.45, 2.75) is 271 Å². The average Bonchev–Trinajstić information content (AvgIpc) is 3.37. The molecule has 0 aromatic rings. The van der Waals surface area contributed by atoms with E-state index < -0.39 is 6.10 Å². The minimum atomic E-state index is -0.793. The Morgan fingerprint density at radius 2 is 0.549 bits per heavy atom. The zero-order valence-corrected chi connectivity index (χ0v) is 46.2. The number of allylic oxidation sites excluding steroid dienone is 18. The number of ether oxygens (including phenoxy) is 3. The summed E-state index contributed by atoms with van der Waals surface area (Å²) in [6, 6.07) is 0. The van der Waals surface area contributed by atoms with Gasteiger partial charge in [-0.15, -0.1) is 0 Å². The lowest BCUT2D eigenvalue weighted by atomic mass is 10.1. The molecule has 0 saturated carbocycles. The summed E-state index contributed by atoms with van der Waals surface area (Å²) in [7, 11) is 0. The Labute approximate surface area is 438 Å². The van der Waals surface area contributed by atoms with Gasteiger partial charge in [-0.2, -0.15) is 0 Å². The van der Waals surface area contributed by atoms with Crippen LogP contribution in [0.25, 0.3) is 0 Å². The van der Waals surface area contributed by atoms with E-state index in [1.165, 1.54) is 77.0 Å². The third kappa shape index (κ3) is 56.9. The third-order valence-corrected chi connectivity index (χ3v) is 12.3. The van der Waals surface area contributed by atoms with E-state index >= 15 is 0 Å². The monoisotopic (exact) mass is 985 g/mol. The van der Waals surface area contributed by atoms with Gasteiger partial charge < -0.3 is 14.2 Å². The summed E-state index contributed by atoms with van der Waals surface area (Å²) in [6.45, 7) is 6.47. The van der Waals surface area contributed by atoms with Crippen LogP contribution in [0.5, 0.6) is 0 Å². The summed E-state index contributed by atoms with van der Waals surface area (Å²) in [4.78, 5) is 38.1. The van der Waals surface area contributed by atoms with Gasteiger partial charge >= 0.3 is 17.9 Å². The predicted molar refractivity (Wildman–Crippen MR) is 307 cm³/mol. The summed E-state index contributed by atoms with van der Waals surface area (Å²) in [5.74, 6) is -0.923. The van der Waals surface area contributed by atoms with Gasteiger partial charge in [0.05, 0.1) is 0 Å². The maximum absolute atomic E-state index is 12.8. The summed E-state index contributed by atoms with van der Waals surface area (Å²) < 4.78 is 16.8. The van der Waals surface area contributed by atoms with Crippen molar-refractivity contribution >= 4 is 17.9 Å². The molecule has 0 N–H and O–H groups in total. The van der Waals surface area contributed by atoms with Crippen LogP contribution in [0.2, 0.25) is 0 Å². The Morgan fingerprint density at radius 1 is 0.296 bits per heavy atom. The Kier molecular flexibility index (Phi) is 55.4. The van der Waals surface area contributed by atoms with Crippen molar-refractivity contribution in [1.82, 2.24) is 0 Å². The number of hydrogen-bond acceptors (Lipinski definition) is 6. The molecule has 1 unspecified atom stereocenters. The molecule has 1 atom stereocenters. The Hall–Kier alpha value is -3.93. The minimum Gasteiger partial charge on any atom is -0.462 e. The number of carbonyl (C=O) groups is 3. The van der Waals surface area contributed by atoms with Crippen LogP contribution < -0.4 is 0 Å². The molecule has 71 heavy (non-hydrogen) atoms. The highest BCUT2D eigenvalue weighted by atomic mass is 16.6. The second-order valence-electron chi connectivity index (χ2n) is 19.2. The van der Waals surface area contributed by atoms with E-state index in [4.69, 9.17) is 14.2 Å². The van der Waals surface area contributed by atoms with Crippen LogP contribution in [0.15, 0.2) is 109 Å². The molecular weight excluding hydrogens is 877 g/mol. The standard InChI is InChI=1S/C65H108O6/c1-4-7-10-13-16-19-22-24-26-27-28-29-30-31-32-33-34-35-36-37-39-40-43-46-49-52-55-58-64(67)70-61-62(60-69-63(66)57-54-51-48-45-42-21-18-15-12-9-6-3)71-65(68)59-56-53-50-47-44-41-38-25-23-20-17-14-11-8-5-2/h7,10,16-17,19-20,24-26,28-29,31-32,34-35,37-39,62H,4-6,8-9,11-15,18,21-23,27,30,33,36,40-61H2,1-3H3/b10-7-,19-16-,20-17-,26-24-,29-28-,32-31-,35-34-,38-25-,39-37-. The van der Waals surface area contributed by atoms with Crippen LogP contribution in [-0.4, -0.2) is 37.2 Å². The lowest BCUT2D eigenvalue weighted by Crippen LogP contribution is -2.30. The third-order valence-electron chi connectivity index (χ3n) is 12.3. The molecule has 6 nitrogen and oxygen atoms in total. The van der Waals surface area contributed by atoms with Gasteiger partial charge in [-0.05, 0) is 109 Å². The van der Waals surface area contributed by atoms with Crippen molar-refractivity contribution in [3.8, 4) is 0 Å².